The van der Waals surface area contributed by atoms with Crippen LogP contribution in [0, 0.1) is 0 Å². The van der Waals surface area contributed by atoms with Gasteiger partial charge in [0.2, 0.25) is 0 Å². The van der Waals surface area contributed by atoms with Crippen LogP contribution in [0.25, 0.3) is 0 Å². The molecule has 0 radical (unpaired) electrons. The minimum Gasteiger partial charge on any atom is -0.463 e. The summed E-state index contributed by atoms with van der Waals surface area (Å²) in [5.41, 5.74) is 2.01. The summed E-state index contributed by atoms with van der Waals surface area (Å²) in [6.45, 7) is 18.6. The van der Waals surface area contributed by atoms with Crippen molar-refractivity contribution in [2.24, 2.45) is 0 Å². The molecule has 5 nitrogen and oxygen atoms in total. The maximum Gasteiger partial charge on any atom is 0.469 e. The van der Waals surface area contributed by atoms with Gasteiger partial charge in [-0.05, 0) is 62.3 Å². The van der Waals surface area contributed by atoms with Crippen molar-refractivity contribution in [1.82, 2.24) is 0 Å². The van der Waals surface area contributed by atoms with Gasteiger partial charge in [0.25, 0.3) is 0 Å². The second-order valence-electron chi connectivity index (χ2n) is 14.3. The summed E-state index contributed by atoms with van der Waals surface area (Å²) in [6.07, 6.45) is 21.7. The SMILES string of the molecule is C=CC(=O)OCCC[Si](O[Si](C)(C)C1CCCCC1)(O[Si](C)(C)C1CCCCC1)O[Si](C)(C)C1CCCCC1. The van der Waals surface area contributed by atoms with E-state index in [2.05, 4.69) is 45.9 Å². The zero-order valence-electron chi connectivity index (χ0n) is 26.3. The molecule has 0 aliphatic heterocycles. The normalized spacial score (nSPS) is 21.6. The molecule has 0 heterocycles. The zero-order valence-corrected chi connectivity index (χ0v) is 30.3. The molecule has 0 bridgehead atoms. The van der Waals surface area contributed by atoms with E-state index in [1.54, 1.807) is 0 Å². The number of hydrogen-bond donors (Lipinski definition) is 0. The van der Waals surface area contributed by atoms with E-state index in [1.807, 2.05) is 0 Å². The Bertz CT molecular complexity index is 690. The molecular weight excluding hydrogens is 553 g/mol. The van der Waals surface area contributed by atoms with Crippen LogP contribution in [0.15, 0.2) is 12.7 Å². The van der Waals surface area contributed by atoms with Crippen LogP contribution in [0.4, 0.5) is 0 Å². The molecule has 0 aromatic rings. The summed E-state index contributed by atoms with van der Waals surface area (Å²) in [7, 11) is -9.35. The third-order valence-corrected chi connectivity index (χ3v) is 28.7. The molecule has 0 atom stereocenters. The van der Waals surface area contributed by atoms with Gasteiger partial charge in [0.1, 0.15) is 0 Å². The number of esters is 1. The van der Waals surface area contributed by atoms with Crippen LogP contribution < -0.4 is 0 Å². The fraction of sp³-hybridized carbons (Fsp3) is 0.900. The summed E-state index contributed by atoms with van der Waals surface area (Å²) in [5, 5.41) is 0. The Kier molecular flexibility index (Phi) is 12.8. The molecule has 0 unspecified atom stereocenters. The lowest BCUT2D eigenvalue weighted by Crippen LogP contribution is -2.64. The van der Waals surface area contributed by atoms with Crippen molar-refractivity contribution in [3.63, 3.8) is 0 Å². The summed E-state index contributed by atoms with van der Waals surface area (Å²) in [6, 6.07) is 0.757. The van der Waals surface area contributed by atoms with Crippen LogP contribution in [0.2, 0.25) is 61.9 Å². The van der Waals surface area contributed by atoms with Crippen molar-refractivity contribution in [1.29, 1.82) is 0 Å². The zero-order chi connectivity index (χ0) is 28.6. The molecule has 0 spiro atoms. The maximum absolute atomic E-state index is 11.8. The van der Waals surface area contributed by atoms with Gasteiger partial charge in [-0.25, -0.2) is 4.79 Å². The highest BCUT2D eigenvalue weighted by Gasteiger charge is 2.56. The van der Waals surface area contributed by atoms with Gasteiger partial charge in [0, 0.05) is 12.1 Å². The lowest BCUT2D eigenvalue weighted by Gasteiger charge is -2.50. The van der Waals surface area contributed by atoms with E-state index in [9.17, 15) is 4.79 Å². The lowest BCUT2D eigenvalue weighted by molar-refractivity contribution is -0.137. The lowest BCUT2D eigenvalue weighted by atomic mass is 10.0. The summed E-state index contributed by atoms with van der Waals surface area (Å²) in [5.74, 6) is -0.351. The van der Waals surface area contributed by atoms with E-state index in [4.69, 9.17) is 17.1 Å². The van der Waals surface area contributed by atoms with Crippen molar-refractivity contribution in [3.8, 4) is 0 Å². The highest BCUT2D eigenvalue weighted by molar-refractivity contribution is 6.91. The first-order chi connectivity index (χ1) is 18.4. The van der Waals surface area contributed by atoms with Gasteiger partial charge < -0.3 is 17.1 Å². The van der Waals surface area contributed by atoms with Gasteiger partial charge >= 0.3 is 14.8 Å². The van der Waals surface area contributed by atoms with Crippen molar-refractivity contribution in [2.45, 2.75) is 165 Å². The minimum absolute atomic E-state index is 0.351. The van der Waals surface area contributed by atoms with Gasteiger partial charge in [-0.15, -0.1) is 0 Å². The van der Waals surface area contributed by atoms with Gasteiger partial charge in [0.05, 0.1) is 6.61 Å². The monoisotopic (exact) mass is 612 g/mol. The molecule has 0 N–H and O–H groups in total. The Labute approximate surface area is 244 Å². The Balaban J connectivity index is 1.94. The van der Waals surface area contributed by atoms with Crippen LogP contribution in [0.1, 0.15) is 103 Å². The van der Waals surface area contributed by atoms with Crippen LogP contribution in [-0.4, -0.2) is 46.3 Å². The van der Waals surface area contributed by atoms with E-state index in [1.165, 1.54) is 102 Å². The fourth-order valence-corrected chi connectivity index (χ4v) is 28.0. The molecule has 39 heavy (non-hydrogen) atoms. The Morgan fingerprint density at radius 2 is 0.974 bits per heavy atom. The molecule has 3 saturated carbocycles. The number of ether oxygens (including phenoxy) is 1. The van der Waals surface area contributed by atoms with Gasteiger partial charge in [-0.3, -0.25) is 0 Å². The standard InChI is InChI=1S/C30H60O5Si4/c1-8-30(31)32-25-18-26-39(33-36(2,3)27-19-12-9-13-20-27,34-37(4,5)28-21-14-10-15-22-28)35-38(6,7)29-23-16-11-17-24-29/h8,27-29H,1,9-26H2,2-7H3. The third kappa shape index (κ3) is 10.0. The first-order valence-corrected chi connectivity index (χ1v) is 27.2. The topological polar surface area (TPSA) is 54.0 Å². The number of carbonyl (C=O) groups excluding carboxylic acids is 1. The van der Waals surface area contributed by atoms with Crippen LogP contribution >= 0.6 is 0 Å². The van der Waals surface area contributed by atoms with Crippen molar-refractivity contribution in [3.05, 3.63) is 12.7 Å². The first-order valence-electron chi connectivity index (χ1n) is 16.3. The second kappa shape index (κ2) is 14.9. The largest absolute Gasteiger partial charge is 0.469 e. The molecule has 3 aliphatic carbocycles. The average molecular weight is 613 g/mol. The van der Waals surface area contributed by atoms with E-state index in [0.717, 1.165) is 12.5 Å². The molecule has 3 aliphatic rings. The number of rotatable bonds is 14. The molecule has 0 saturated heterocycles. The average Bonchev–Trinajstić information content (AvgIpc) is 2.91. The fourth-order valence-electron chi connectivity index (χ4n) is 7.58. The van der Waals surface area contributed by atoms with Crippen molar-refractivity contribution >= 4 is 39.7 Å². The van der Waals surface area contributed by atoms with Gasteiger partial charge in [0.15, 0.2) is 25.0 Å². The predicted molar refractivity (Wildman–Crippen MR) is 173 cm³/mol. The molecule has 0 aromatic heterocycles. The molecule has 3 rings (SSSR count). The number of carbonyl (C=O) groups is 1. The maximum atomic E-state index is 11.8. The van der Waals surface area contributed by atoms with E-state index in [0.29, 0.717) is 23.2 Å². The minimum atomic E-state index is -3.07. The second-order valence-corrected chi connectivity index (χ2v) is 30.7. The Morgan fingerprint density at radius 1 is 0.641 bits per heavy atom. The number of hydrogen-bond acceptors (Lipinski definition) is 5. The van der Waals surface area contributed by atoms with E-state index in [-0.39, 0.29) is 5.97 Å². The molecule has 9 heteroatoms. The highest BCUT2D eigenvalue weighted by Crippen LogP contribution is 2.46. The van der Waals surface area contributed by atoms with E-state index >= 15 is 0 Å². The molecule has 226 valence electrons. The van der Waals surface area contributed by atoms with Crippen molar-refractivity contribution < 1.29 is 21.9 Å². The van der Waals surface area contributed by atoms with E-state index < -0.39 is 33.8 Å². The van der Waals surface area contributed by atoms with Gasteiger partial charge in [-0.1, -0.05) is 103 Å². The molecule has 0 amide bonds. The smallest absolute Gasteiger partial charge is 0.463 e. The summed E-state index contributed by atoms with van der Waals surface area (Å²) < 4.78 is 28.2. The van der Waals surface area contributed by atoms with Gasteiger partial charge in [-0.2, -0.15) is 0 Å². The quantitative estimate of drug-likeness (QED) is 0.0846. The van der Waals surface area contributed by atoms with Crippen LogP contribution in [0.3, 0.4) is 0 Å². The van der Waals surface area contributed by atoms with Crippen molar-refractivity contribution in [2.75, 3.05) is 6.61 Å². The first kappa shape index (κ1) is 33.5. The molecule has 3 fully saturated rings. The van der Waals surface area contributed by atoms with Crippen LogP contribution in [-0.2, 0) is 21.9 Å². The Morgan fingerprint density at radius 3 is 1.28 bits per heavy atom. The highest BCUT2D eigenvalue weighted by atomic mass is 28.5. The predicted octanol–water partition coefficient (Wildman–Crippen LogP) is 9.71. The summed E-state index contributed by atoms with van der Waals surface area (Å²) >= 11 is 0. The molecular formula is C30H60O5Si4. The molecule has 0 aromatic carbocycles. The third-order valence-electron chi connectivity index (χ3n) is 10.1. The summed E-state index contributed by atoms with van der Waals surface area (Å²) in [4.78, 5) is 11.8. The Hall–Kier alpha value is -0.0425. The van der Waals surface area contributed by atoms with Crippen LogP contribution in [0.5, 0.6) is 0 Å².